The summed E-state index contributed by atoms with van der Waals surface area (Å²) in [6.45, 7) is 4.71. The molecule has 3 amide bonds. The number of amides is 3. The van der Waals surface area contributed by atoms with Gasteiger partial charge >= 0.3 is 0 Å². The van der Waals surface area contributed by atoms with Crippen LogP contribution in [0.25, 0.3) is 0 Å². The number of ketones is 1. The fourth-order valence-corrected chi connectivity index (χ4v) is 5.44. The van der Waals surface area contributed by atoms with Gasteiger partial charge in [0, 0.05) is 6.54 Å². The fraction of sp³-hybridized carbons (Fsp3) is 0.818. The van der Waals surface area contributed by atoms with Gasteiger partial charge < -0.3 is 21.7 Å². The van der Waals surface area contributed by atoms with Crippen molar-refractivity contribution in [1.82, 2.24) is 10.2 Å². The number of piperidine rings is 1. The number of nitrogens with one attached hydrogen (secondary N) is 1. The Labute approximate surface area is 178 Å². The molecule has 0 aromatic carbocycles. The molecule has 1 aliphatic carbocycles. The quantitative estimate of drug-likeness (QED) is 0.569. The summed E-state index contributed by atoms with van der Waals surface area (Å²) in [5.41, 5.74) is 11.4. The van der Waals surface area contributed by atoms with E-state index in [1.165, 1.54) is 0 Å². The van der Waals surface area contributed by atoms with Crippen molar-refractivity contribution in [3.05, 3.63) is 0 Å². The van der Waals surface area contributed by atoms with Crippen LogP contribution in [-0.2, 0) is 19.2 Å². The summed E-state index contributed by atoms with van der Waals surface area (Å²) in [4.78, 5) is 51.7. The molecule has 0 spiro atoms. The van der Waals surface area contributed by atoms with E-state index in [1.807, 2.05) is 0 Å². The predicted octanol–water partition coefficient (Wildman–Crippen LogP) is 0.860. The number of fused-ring (bicyclic) bond motifs is 3. The summed E-state index contributed by atoms with van der Waals surface area (Å²) in [5.74, 6) is -2.10. The highest BCUT2D eigenvalue weighted by Gasteiger charge is 2.69. The molecule has 2 saturated heterocycles. The lowest BCUT2D eigenvalue weighted by Crippen LogP contribution is -2.57. The molecule has 0 radical (unpaired) electrons. The van der Waals surface area contributed by atoms with E-state index in [2.05, 4.69) is 19.2 Å². The zero-order chi connectivity index (χ0) is 22.1. The van der Waals surface area contributed by atoms with Gasteiger partial charge in [-0.15, -0.1) is 0 Å². The molecule has 30 heavy (non-hydrogen) atoms. The maximum atomic E-state index is 13.3. The molecule has 5 atom stereocenters. The molecule has 3 aliphatic rings. The second-order valence-corrected chi connectivity index (χ2v) is 9.84. The third kappa shape index (κ3) is 4.53. The van der Waals surface area contributed by atoms with E-state index >= 15 is 0 Å². The zero-order valence-corrected chi connectivity index (χ0v) is 18.2. The maximum absolute atomic E-state index is 13.3. The minimum atomic E-state index is -1.04. The van der Waals surface area contributed by atoms with Gasteiger partial charge in [0.15, 0.2) is 0 Å². The molecule has 8 nitrogen and oxygen atoms in total. The minimum Gasteiger partial charge on any atom is -0.363 e. The number of nitrogens with zero attached hydrogens (tertiary/aromatic N) is 1. The van der Waals surface area contributed by atoms with Gasteiger partial charge in [-0.3, -0.25) is 19.2 Å². The van der Waals surface area contributed by atoms with Crippen molar-refractivity contribution in [2.75, 3.05) is 6.54 Å². The van der Waals surface area contributed by atoms with Crippen LogP contribution in [0.4, 0.5) is 0 Å². The minimum absolute atomic E-state index is 0.0348. The number of carbonyl (C=O) groups excluding carboxylic acids is 4. The number of hydrogen-bond acceptors (Lipinski definition) is 5. The Morgan fingerprint density at radius 1 is 1.00 bits per heavy atom. The number of rotatable bonds is 2. The van der Waals surface area contributed by atoms with Gasteiger partial charge in [0.2, 0.25) is 17.6 Å². The number of carbonyl (C=O) groups is 4. The monoisotopic (exact) mass is 420 g/mol. The molecule has 1 saturated carbocycles. The van der Waals surface area contributed by atoms with Crippen molar-refractivity contribution in [3.8, 4) is 0 Å². The topological polar surface area (TPSA) is 136 Å². The van der Waals surface area contributed by atoms with Crippen molar-refractivity contribution in [2.45, 2.75) is 89.8 Å². The highest BCUT2D eigenvalue weighted by molar-refractivity contribution is 6.37. The largest absolute Gasteiger partial charge is 0.363 e. The molecule has 3 fully saturated rings. The molecule has 0 bridgehead atoms. The maximum Gasteiger partial charge on any atom is 0.287 e. The van der Waals surface area contributed by atoms with Crippen molar-refractivity contribution in [2.24, 2.45) is 28.7 Å². The van der Waals surface area contributed by atoms with Gasteiger partial charge in [0.05, 0.1) is 12.1 Å². The zero-order valence-electron chi connectivity index (χ0n) is 18.2. The van der Waals surface area contributed by atoms with Crippen LogP contribution in [0.3, 0.4) is 0 Å². The van der Waals surface area contributed by atoms with Crippen molar-refractivity contribution >= 4 is 23.5 Å². The summed E-state index contributed by atoms with van der Waals surface area (Å²) < 4.78 is 0. The highest BCUT2D eigenvalue weighted by atomic mass is 16.2. The van der Waals surface area contributed by atoms with Crippen LogP contribution in [0.1, 0.15) is 71.6 Å². The lowest BCUT2D eigenvalue weighted by Gasteiger charge is -2.32. The number of hydrogen-bond donors (Lipinski definition) is 3. The first-order valence-electron chi connectivity index (χ1n) is 11.4. The first kappa shape index (κ1) is 22.7. The van der Waals surface area contributed by atoms with E-state index in [9.17, 15) is 19.2 Å². The standard InChI is InChI=1S/C22H36N4O4/c1-22(2)13-12-26-17(16(13)22)20(29)25-15(18(27)19(24)28)11-9-7-5-3-4-6-8-10-14(23)21(26)30/h13-17H,3-12,23H2,1-2H3,(H2,24,28)(H,25,29)/t13-,14-,15-,16-,17-/m0/s1. The van der Waals surface area contributed by atoms with Crippen LogP contribution < -0.4 is 16.8 Å². The Hall–Kier alpha value is -1.96. The van der Waals surface area contributed by atoms with Gasteiger partial charge in [-0.05, 0) is 30.1 Å². The van der Waals surface area contributed by atoms with Crippen LogP contribution in [0, 0.1) is 17.3 Å². The third-order valence-corrected chi connectivity index (χ3v) is 7.46. The van der Waals surface area contributed by atoms with Crippen molar-refractivity contribution in [1.29, 1.82) is 0 Å². The van der Waals surface area contributed by atoms with Gasteiger partial charge in [-0.2, -0.15) is 0 Å². The molecular formula is C22H36N4O4. The van der Waals surface area contributed by atoms with Crippen LogP contribution in [-0.4, -0.2) is 53.1 Å². The van der Waals surface area contributed by atoms with Crippen LogP contribution in [0.2, 0.25) is 0 Å². The Kier molecular flexibility index (Phi) is 6.84. The highest BCUT2D eigenvalue weighted by Crippen LogP contribution is 2.64. The predicted molar refractivity (Wildman–Crippen MR) is 112 cm³/mol. The van der Waals surface area contributed by atoms with Crippen molar-refractivity contribution in [3.63, 3.8) is 0 Å². The first-order chi connectivity index (χ1) is 14.2. The molecule has 3 rings (SSSR count). The van der Waals surface area contributed by atoms with Gasteiger partial charge in [0.25, 0.3) is 5.91 Å². The normalized spacial score (nSPS) is 35.2. The molecule has 2 aliphatic heterocycles. The smallest absolute Gasteiger partial charge is 0.287 e. The van der Waals surface area contributed by atoms with Gasteiger partial charge in [-0.1, -0.05) is 58.8 Å². The summed E-state index contributed by atoms with van der Waals surface area (Å²) in [6, 6.07) is -2.20. The third-order valence-electron chi connectivity index (χ3n) is 7.46. The van der Waals surface area contributed by atoms with Crippen molar-refractivity contribution < 1.29 is 19.2 Å². The lowest BCUT2D eigenvalue weighted by molar-refractivity contribution is -0.143. The second-order valence-electron chi connectivity index (χ2n) is 9.84. The van der Waals surface area contributed by atoms with Crippen LogP contribution in [0.5, 0.6) is 0 Å². The summed E-state index contributed by atoms with van der Waals surface area (Å²) in [5, 5.41) is 2.76. The Morgan fingerprint density at radius 2 is 1.57 bits per heavy atom. The first-order valence-corrected chi connectivity index (χ1v) is 11.4. The number of Topliss-reactive ketones (excluding diaryl/α,β-unsaturated/α-hetero) is 1. The fourth-order valence-electron chi connectivity index (χ4n) is 5.44. The number of primary amides is 1. The summed E-state index contributed by atoms with van der Waals surface area (Å²) in [7, 11) is 0. The Bertz CT molecular complexity index is 707. The van der Waals surface area contributed by atoms with E-state index in [1.54, 1.807) is 4.90 Å². The molecule has 0 aromatic rings. The SMILES string of the molecule is CC1(C)[C@@H]2[C@H]3C(=O)N[C@H](C(=O)C(N)=O)CCCCCCCCC[C@H](N)C(=O)N3C[C@@H]21. The lowest BCUT2D eigenvalue weighted by atomic mass is 9.97. The molecular weight excluding hydrogens is 384 g/mol. The van der Waals surface area contributed by atoms with Crippen LogP contribution >= 0.6 is 0 Å². The van der Waals surface area contributed by atoms with Gasteiger partial charge in [0.1, 0.15) is 6.04 Å². The Balaban J connectivity index is 1.81. The van der Waals surface area contributed by atoms with E-state index < -0.39 is 29.8 Å². The number of nitrogens with two attached hydrogens (primary N) is 2. The average molecular weight is 421 g/mol. The second kappa shape index (κ2) is 9.04. The molecule has 8 heteroatoms. The molecule has 168 valence electrons. The summed E-state index contributed by atoms with van der Waals surface area (Å²) in [6.07, 6.45) is 7.81. The van der Waals surface area contributed by atoms with Gasteiger partial charge in [-0.25, -0.2) is 0 Å². The molecule has 5 N–H and O–H groups in total. The molecule has 0 unspecified atom stereocenters. The Morgan fingerprint density at radius 3 is 2.17 bits per heavy atom. The van der Waals surface area contributed by atoms with E-state index in [4.69, 9.17) is 11.5 Å². The van der Waals surface area contributed by atoms with E-state index in [0.29, 0.717) is 19.4 Å². The average Bonchev–Trinajstić information content (AvgIpc) is 3.04. The van der Waals surface area contributed by atoms with E-state index in [-0.39, 0.29) is 29.1 Å². The van der Waals surface area contributed by atoms with Crippen LogP contribution in [0.15, 0.2) is 0 Å². The molecule has 0 aromatic heterocycles. The van der Waals surface area contributed by atoms with E-state index in [0.717, 1.165) is 44.9 Å². The summed E-state index contributed by atoms with van der Waals surface area (Å²) >= 11 is 0. The molecule has 2 heterocycles.